The summed E-state index contributed by atoms with van der Waals surface area (Å²) in [6, 6.07) is 13.8. The first-order valence-corrected chi connectivity index (χ1v) is 7.52. The van der Waals surface area contributed by atoms with Gasteiger partial charge < -0.3 is 10.1 Å². The minimum Gasteiger partial charge on any atom is -0.465 e. The maximum atomic E-state index is 11.9. The number of nitrogens with one attached hydrogen (secondary N) is 1. The third kappa shape index (κ3) is 3.64. The van der Waals surface area contributed by atoms with E-state index in [4.69, 9.17) is 4.74 Å². The van der Waals surface area contributed by atoms with Crippen LogP contribution in [-0.2, 0) is 4.74 Å². The van der Waals surface area contributed by atoms with E-state index in [0.29, 0.717) is 5.56 Å². The predicted molar refractivity (Wildman–Crippen MR) is 88.7 cm³/mol. The summed E-state index contributed by atoms with van der Waals surface area (Å²) in [5.41, 5.74) is 3.48. The molecular formula is C17H18BrNO2. The van der Waals surface area contributed by atoms with Crippen molar-refractivity contribution in [1.29, 1.82) is 0 Å². The van der Waals surface area contributed by atoms with E-state index >= 15 is 0 Å². The molecule has 0 aliphatic heterocycles. The van der Waals surface area contributed by atoms with E-state index in [0.717, 1.165) is 21.3 Å². The number of hydrogen-bond donors (Lipinski definition) is 1. The van der Waals surface area contributed by atoms with Crippen LogP contribution in [0.1, 0.15) is 34.5 Å². The Hall–Kier alpha value is -1.81. The average molecular weight is 348 g/mol. The molecule has 2 aromatic rings. The molecule has 2 aromatic carbocycles. The Morgan fingerprint density at radius 2 is 1.95 bits per heavy atom. The van der Waals surface area contributed by atoms with Crippen molar-refractivity contribution in [3.63, 3.8) is 0 Å². The molecule has 110 valence electrons. The van der Waals surface area contributed by atoms with Crippen molar-refractivity contribution >= 4 is 27.6 Å². The SMILES string of the molecule is COC(=O)c1cc(C)ccc1NC(C)c1ccccc1Br. The second-order valence-corrected chi connectivity index (χ2v) is 5.78. The summed E-state index contributed by atoms with van der Waals surface area (Å²) in [6.45, 7) is 4.01. The van der Waals surface area contributed by atoms with Gasteiger partial charge in [0.1, 0.15) is 0 Å². The van der Waals surface area contributed by atoms with Crippen molar-refractivity contribution in [3.05, 3.63) is 63.6 Å². The van der Waals surface area contributed by atoms with Gasteiger partial charge in [0, 0.05) is 16.2 Å². The molecule has 21 heavy (non-hydrogen) atoms. The molecule has 0 spiro atoms. The van der Waals surface area contributed by atoms with Crippen molar-refractivity contribution in [3.8, 4) is 0 Å². The fourth-order valence-electron chi connectivity index (χ4n) is 2.20. The normalized spacial score (nSPS) is 11.8. The number of methoxy groups -OCH3 is 1. The first-order valence-electron chi connectivity index (χ1n) is 6.73. The number of esters is 1. The van der Waals surface area contributed by atoms with Gasteiger partial charge in [0.25, 0.3) is 0 Å². The molecule has 3 nitrogen and oxygen atoms in total. The van der Waals surface area contributed by atoms with Gasteiger partial charge in [0.15, 0.2) is 0 Å². The molecule has 1 atom stereocenters. The van der Waals surface area contributed by atoms with Crippen molar-refractivity contribution < 1.29 is 9.53 Å². The third-order valence-corrected chi connectivity index (χ3v) is 4.05. The van der Waals surface area contributed by atoms with E-state index in [1.165, 1.54) is 7.11 Å². The van der Waals surface area contributed by atoms with E-state index < -0.39 is 0 Å². The Morgan fingerprint density at radius 1 is 1.24 bits per heavy atom. The summed E-state index contributed by atoms with van der Waals surface area (Å²) in [7, 11) is 1.39. The van der Waals surface area contributed by atoms with E-state index in [-0.39, 0.29) is 12.0 Å². The average Bonchev–Trinajstić information content (AvgIpc) is 2.48. The van der Waals surface area contributed by atoms with Gasteiger partial charge in [-0.2, -0.15) is 0 Å². The summed E-state index contributed by atoms with van der Waals surface area (Å²) >= 11 is 3.55. The largest absolute Gasteiger partial charge is 0.465 e. The second-order valence-electron chi connectivity index (χ2n) is 4.93. The van der Waals surface area contributed by atoms with Crippen molar-refractivity contribution in [2.75, 3.05) is 12.4 Å². The smallest absolute Gasteiger partial charge is 0.339 e. The molecule has 0 aliphatic carbocycles. The van der Waals surface area contributed by atoms with Crippen LogP contribution >= 0.6 is 15.9 Å². The van der Waals surface area contributed by atoms with Crippen LogP contribution in [0.4, 0.5) is 5.69 Å². The summed E-state index contributed by atoms with van der Waals surface area (Å²) in [4.78, 5) is 11.9. The number of benzene rings is 2. The van der Waals surface area contributed by atoms with Gasteiger partial charge in [-0.1, -0.05) is 45.8 Å². The van der Waals surface area contributed by atoms with Gasteiger partial charge >= 0.3 is 5.97 Å². The molecule has 0 amide bonds. The first kappa shape index (κ1) is 15.6. The van der Waals surface area contributed by atoms with Crippen LogP contribution in [0.25, 0.3) is 0 Å². The lowest BCUT2D eigenvalue weighted by Gasteiger charge is -2.19. The zero-order valence-corrected chi connectivity index (χ0v) is 13.9. The highest BCUT2D eigenvalue weighted by Crippen LogP contribution is 2.28. The van der Waals surface area contributed by atoms with Crippen LogP contribution in [0.3, 0.4) is 0 Å². The maximum absolute atomic E-state index is 11.9. The van der Waals surface area contributed by atoms with E-state index in [1.54, 1.807) is 0 Å². The molecule has 0 saturated carbocycles. The highest BCUT2D eigenvalue weighted by Gasteiger charge is 2.15. The maximum Gasteiger partial charge on any atom is 0.339 e. The first-order chi connectivity index (χ1) is 10.0. The second kappa shape index (κ2) is 6.76. The molecule has 0 saturated heterocycles. The van der Waals surface area contributed by atoms with Crippen molar-refractivity contribution in [2.24, 2.45) is 0 Å². The molecule has 0 radical (unpaired) electrons. The predicted octanol–water partition coefficient (Wildman–Crippen LogP) is 4.72. The minimum absolute atomic E-state index is 0.0617. The van der Waals surface area contributed by atoms with Crippen LogP contribution in [0.5, 0.6) is 0 Å². The molecule has 0 aromatic heterocycles. The Labute approximate surface area is 133 Å². The lowest BCUT2D eigenvalue weighted by molar-refractivity contribution is 0.0601. The number of ether oxygens (including phenoxy) is 1. The van der Waals surface area contributed by atoms with Gasteiger partial charge in [0.2, 0.25) is 0 Å². The number of carbonyl (C=O) groups is 1. The molecule has 1 N–H and O–H groups in total. The van der Waals surface area contributed by atoms with Crippen LogP contribution in [-0.4, -0.2) is 13.1 Å². The van der Waals surface area contributed by atoms with Crippen LogP contribution in [0.15, 0.2) is 46.9 Å². The molecule has 0 bridgehead atoms. The number of rotatable bonds is 4. The summed E-state index contributed by atoms with van der Waals surface area (Å²) in [6.07, 6.45) is 0. The van der Waals surface area contributed by atoms with Gasteiger partial charge in [-0.15, -0.1) is 0 Å². The van der Waals surface area contributed by atoms with Gasteiger partial charge in [-0.3, -0.25) is 0 Å². The van der Waals surface area contributed by atoms with E-state index in [9.17, 15) is 4.79 Å². The molecule has 0 heterocycles. The number of anilines is 1. The number of aryl methyl sites for hydroxylation is 1. The number of hydrogen-bond acceptors (Lipinski definition) is 3. The Balaban J connectivity index is 2.31. The lowest BCUT2D eigenvalue weighted by Crippen LogP contribution is -2.12. The topological polar surface area (TPSA) is 38.3 Å². The van der Waals surface area contributed by atoms with Gasteiger partial charge in [-0.05, 0) is 37.6 Å². The van der Waals surface area contributed by atoms with Crippen molar-refractivity contribution in [1.82, 2.24) is 0 Å². The van der Waals surface area contributed by atoms with Crippen molar-refractivity contribution in [2.45, 2.75) is 19.9 Å². The highest BCUT2D eigenvalue weighted by atomic mass is 79.9. The lowest BCUT2D eigenvalue weighted by atomic mass is 10.1. The fraction of sp³-hybridized carbons (Fsp3) is 0.235. The third-order valence-electron chi connectivity index (χ3n) is 3.32. The summed E-state index contributed by atoms with van der Waals surface area (Å²) < 4.78 is 5.89. The molecule has 0 aliphatic rings. The molecule has 4 heteroatoms. The quantitative estimate of drug-likeness (QED) is 0.813. The Morgan fingerprint density at radius 3 is 2.62 bits per heavy atom. The fourth-order valence-corrected chi connectivity index (χ4v) is 2.83. The molecule has 1 unspecified atom stereocenters. The van der Waals surface area contributed by atoms with Crippen LogP contribution in [0, 0.1) is 6.92 Å². The van der Waals surface area contributed by atoms with Crippen LogP contribution < -0.4 is 5.32 Å². The standard InChI is InChI=1S/C17H18BrNO2/c1-11-8-9-16(14(10-11)17(20)21-3)19-12(2)13-6-4-5-7-15(13)18/h4-10,12,19H,1-3H3. The van der Waals surface area contributed by atoms with Crippen LogP contribution in [0.2, 0.25) is 0 Å². The minimum atomic E-state index is -0.333. The molecule has 0 fully saturated rings. The number of carbonyl (C=O) groups excluding carboxylic acids is 1. The van der Waals surface area contributed by atoms with Gasteiger partial charge in [-0.25, -0.2) is 4.79 Å². The molecular weight excluding hydrogens is 330 g/mol. The number of halogens is 1. The monoisotopic (exact) mass is 347 g/mol. The zero-order chi connectivity index (χ0) is 15.4. The van der Waals surface area contributed by atoms with Gasteiger partial charge in [0.05, 0.1) is 12.7 Å². The van der Waals surface area contributed by atoms with E-state index in [1.807, 2.05) is 49.4 Å². The Bertz CT molecular complexity index is 655. The summed E-state index contributed by atoms with van der Waals surface area (Å²) in [5.74, 6) is -0.333. The zero-order valence-electron chi connectivity index (χ0n) is 12.3. The highest BCUT2D eigenvalue weighted by molar-refractivity contribution is 9.10. The summed E-state index contributed by atoms with van der Waals surface area (Å²) in [5, 5.41) is 3.38. The Kier molecular flexibility index (Phi) is 5.02. The van der Waals surface area contributed by atoms with E-state index in [2.05, 4.69) is 28.2 Å². The molecule has 2 rings (SSSR count).